The maximum Gasteiger partial charge on any atom is 0.495 e. The van der Waals surface area contributed by atoms with Crippen LogP contribution in [0.3, 0.4) is 0 Å². The molecule has 0 N–H and O–H groups in total. The van der Waals surface area contributed by atoms with E-state index in [-0.39, 0.29) is 11.2 Å². The molecule has 24 aromatic rings. The van der Waals surface area contributed by atoms with Crippen LogP contribution in [0.4, 0.5) is 0 Å². The Morgan fingerprint density at radius 1 is 0.195 bits per heavy atom. The molecule has 3 aliphatic rings. The summed E-state index contributed by atoms with van der Waals surface area (Å²) < 4.78 is 69.7. The Hall–Kier alpha value is -13.4. The molecule has 0 aliphatic carbocycles. The average molecular weight is 1770 g/mol. The fraction of sp³-hybridized carbons (Fsp3) is 0.153. The molecule has 0 radical (unpaired) electrons. The van der Waals surface area contributed by atoms with E-state index >= 15 is 0 Å². The molecule has 644 valence electrons. The van der Waals surface area contributed by atoms with Crippen molar-refractivity contribution >= 4 is 232 Å². The van der Waals surface area contributed by atoms with Crippen molar-refractivity contribution in [2.24, 2.45) is 0 Å². The molecule has 0 atom stereocenters. The smallest absolute Gasteiger partial charge is 0.456 e. The monoisotopic (exact) mass is 1760 g/mol. The maximum absolute atomic E-state index is 6.72. The molecule has 6 aromatic heterocycles. The first-order valence-electron chi connectivity index (χ1n) is 45.9. The van der Waals surface area contributed by atoms with Crippen molar-refractivity contribution in [2.75, 3.05) is 0 Å². The predicted molar refractivity (Wildman–Crippen MR) is 559 cm³/mol. The minimum absolute atomic E-state index is 0.377. The predicted octanol–water partition coefficient (Wildman–Crippen LogP) is 31.2. The largest absolute Gasteiger partial charge is 0.495 e. The molecular formula is C118H91B3O10S2. The van der Waals surface area contributed by atoms with Gasteiger partial charge in [0.25, 0.3) is 0 Å². The maximum atomic E-state index is 6.72. The molecule has 133 heavy (non-hydrogen) atoms. The van der Waals surface area contributed by atoms with Crippen LogP contribution in [0, 0.1) is 0 Å². The van der Waals surface area contributed by atoms with E-state index in [2.05, 4.69) is 392 Å². The lowest BCUT2D eigenvalue weighted by atomic mass is 9.76. The minimum Gasteiger partial charge on any atom is -0.456 e. The first-order chi connectivity index (χ1) is 64.2. The molecule has 3 saturated heterocycles. The van der Waals surface area contributed by atoms with E-state index in [0.717, 1.165) is 143 Å². The molecule has 9 heterocycles. The van der Waals surface area contributed by atoms with Crippen LogP contribution in [-0.4, -0.2) is 55.0 Å². The second-order valence-corrected chi connectivity index (χ2v) is 41.4. The number of benzene rings is 18. The number of hydrogen-bond donors (Lipinski definition) is 0. The van der Waals surface area contributed by atoms with Crippen LogP contribution in [0.2, 0.25) is 0 Å². The van der Waals surface area contributed by atoms with E-state index in [0.29, 0.717) is 0 Å². The second-order valence-electron chi connectivity index (χ2n) is 39.2. The van der Waals surface area contributed by atoms with Gasteiger partial charge in [0.1, 0.15) is 44.7 Å². The Balaban J connectivity index is 0.000000108. The van der Waals surface area contributed by atoms with Crippen molar-refractivity contribution in [3.63, 3.8) is 0 Å². The fourth-order valence-corrected chi connectivity index (χ4v) is 22.4. The van der Waals surface area contributed by atoms with Gasteiger partial charge in [0.05, 0.1) is 33.6 Å². The van der Waals surface area contributed by atoms with E-state index < -0.39 is 43.8 Å². The van der Waals surface area contributed by atoms with Crippen molar-refractivity contribution < 1.29 is 45.6 Å². The minimum atomic E-state index is -0.494. The Morgan fingerprint density at radius 3 is 1.38 bits per heavy atom. The number of hydrogen-bond acceptors (Lipinski definition) is 12. The summed E-state index contributed by atoms with van der Waals surface area (Å²) in [7, 11) is -1.34. The van der Waals surface area contributed by atoms with E-state index in [1.54, 1.807) is 0 Å². The molecule has 0 bridgehead atoms. The summed E-state index contributed by atoms with van der Waals surface area (Å²) in [6, 6.07) is 119. The van der Waals surface area contributed by atoms with Crippen LogP contribution >= 0.6 is 22.7 Å². The molecule has 0 spiro atoms. The lowest BCUT2D eigenvalue weighted by Gasteiger charge is -2.32. The van der Waals surface area contributed by atoms with Crippen LogP contribution in [-0.2, 0) is 27.9 Å². The SMILES string of the molecule is CC1(C)OB(c2ccc3c(c2)oc2cc(-c4ccc5c(c4)sc4cc6ccccc6cc45)ccc23)OC1(C)C.CC1(C)OB(c2cccc3oc4ccc(-c5ccc(-c6ccccc6)c6oc7cc8ccccc8cc7c56)cc4c23)OC1(C)C.CC1(C)OB(c2cccc3sc4ccc(-c5cc(-c6ccc7ccccc7c6)cc6cc7oc8ccccc8c7cc56)cc4c23)OC1(C)C. The molecule has 10 nitrogen and oxygen atoms in total. The standard InChI is InChI=1S/C44H33BO3S.C40H31BO4.C34H27BO3S/c1-43(2)44(3,4)48-45(47-43)37-13-9-15-41-42(37)36-22-29(18-19-40(36)49-41)33-23-30(28-17-16-26-10-5-6-11-27(26)20-28)21-31-24-39-35(25-34(31)33)32-12-7-8-14-38(32)46-39;1-39(2)40(3,4)45-41(44-39)32-15-10-16-34-37(32)30-22-27(17-20-33(30)42-34)28-18-19-29(24-11-6-5-7-12-24)38-36(28)31-21-25-13-8-9-14-26(25)23-35(31)43-38;1-33(2)34(3,4)38-35(37-33)24-11-14-26-25-12-9-22(16-29(25)36-30(26)19-24)23-10-13-27-28-15-20-7-5-6-8-21(20)17-32(28)39-31(27)18-23/h5-25H,1-4H3;5-23H,1-4H3;5-19H,1-4H3. The highest BCUT2D eigenvalue weighted by Gasteiger charge is 2.55. The summed E-state index contributed by atoms with van der Waals surface area (Å²) in [5.74, 6) is 0. The summed E-state index contributed by atoms with van der Waals surface area (Å²) in [6.45, 7) is 25.1. The third-order valence-electron chi connectivity index (χ3n) is 29.5. The van der Waals surface area contributed by atoms with Crippen molar-refractivity contribution in [3.8, 4) is 55.6 Å². The van der Waals surface area contributed by atoms with Gasteiger partial charge in [0.2, 0.25) is 0 Å². The summed E-state index contributed by atoms with van der Waals surface area (Å²) >= 11 is 3.68. The Bertz CT molecular complexity index is 8940. The van der Waals surface area contributed by atoms with Crippen LogP contribution < -0.4 is 16.4 Å². The number of fused-ring (bicyclic) bond motifs is 22. The van der Waals surface area contributed by atoms with Crippen molar-refractivity contribution in [1.82, 2.24) is 0 Å². The van der Waals surface area contributed by atoms with Crippen LogP contribution in [0.5, 0.6) is 0 Å². The van der Waals surface area contributed by atoms with Gasteiger partial charge in [0.15, 0.2) is 0 Å². The Kier molecular flexibility index (Phi) is 18.4. The molecular weight excluding hydrogens is 1670 g/mol. The van der Waals surface area contributed by atoms with E-state index in [1.807, 2.05) is 46.9 Å². The zero-order valence-corrected chi connectivity index (χ0v) is 77.5. The highest BCUT2D eigenvalue weighted by atomic mass is 32.1. The molecule has 3 aliphatic heterocycles. The third kappa shape index (κ3) is 13.4. The highest BCUT2D eigenvalue weighted by molar-refractivity contribution is 7.26. The molecule has 0 amide bonds. The summed E-state index contributed by atoms with van der Waals surface area (Å²) in [5.41, 5.74) is 19.0. The van der Waals surface area contributed by atoms with Gasteiger partial charge < -0.3 is 45.6 Å². The van der Waals surface area contributed by atoms with Crippen molar-refractivity contribution in [1.29, 1.82) is 0 Å². The second kappa shape index (κ2) is 30.1. The zero-order valence-electron chi connectivity index (χ0n) is 75.9. The number of rotatable bonds is 8. The van der Waals surface area contributed by atoms with Crippen molar-refractivity contribution in [3.05, 3.63) is 334 Å². The molecule has 3 fully saturated rings. The fourth-order valence-electron chi connectivity index (χ4n) is 20.1. The lowest BCUT2D eigenvalue weighted by molar-refractivity contribution is 0.00578. The highest BCUT2D eigenvalue weighted by Crippen LogP contribution is 2.50. The van der Waals surface area contributed by atoms with Crippen LogP contribution in [0.15, 0.2) is 351 Å². The van der Waals surface area contributed by atoms with E-state index in [9.17, 15) is 0 Å². The summed E-state index contributed by atoms with van der Waals surface area (Å²) in [5, 5.41) is 23.6. The lowest BCUT2D eigenvalue weighted by Crippen LogP contribution is -2.41. The quantitative estimate of drug-likeness (QED) is 0.137. The van der Waals surface area contributed by atoms with Gasteiger partial charge >= 0.3 is 21.4 Å². The van der Waals surface area contributed by atoms with E-state index in [4.69, 9.17) is 45.6 Å². The normalized spacial score (nSPS) is 16.3. The van der Waals surface area contributed by atoms with Crippen LogP contribution in [0.1, 0.15) is 83.1 Å². The number of thiophene rings is 2. The first kappa shape index (κ1) is 81.6. The van der Waals surface area contributed by atoms with Gasteiger partial charge in [-0.05, 0) is 320 Å². The third-order valence-corrected chi connectivity index (χ3v) is 31.7. The average Bonchev–Trinajstić information content (AvgIpc) is 1.57. The topological polar surface area (TPSA) is 108 Å². The number of para-hydroxylation sites is 1. The summed E-state index contributed by atoms with van der Waals surface area (Å²) in [6.07, 6.45) is 0. The van der Waals surface area contributed by atoms with Gasteiger partial charge in [0, 0.05) is 89.0 Å². The molecule has 15 heteroatoms. The van der Waals surface area contributed by atoms with Gasteiger partial charge in [-0.2, -0.15) is 0 Å². The zero-order chi connectivity index (χ0) is 90.1. The van der Waals surface area contributed by atoms with Gasteiger partial charge in [-0.15, -0.1) is 22.7 Å². The van der Waals surface area contributed by atoms with Crippen molar-refractivity contribution in [2.45, 2.75) is 117 Å². The van der Waals surface area contributed by atoms with E-state index in [1.165, 1.54) is 100 Å². The molecule has 0 saturated carbocycles. The Labute approximate surface area is 777 Å². The molecule has 0 unspecified atom stereocenters. The number of furan rings is 4. The van der Waals surface area contributed by atoms with Gasteiger partial charge in [-0.3, -0.25) is 0 Å². The van der Waals surface area contributed by atoms with Gasteiger partial charge in [-0.1, -0.05) is 206 Å². The Morgan fingerprint density at radius 2 is 0.662 bits per heavy atom. The molecule has 27 rings (SSSR count). The first-order valence-corrected chi connectivity index (χ1v) is 47.5. The van der Waals surface area contributed by atoms with Gasteiger partial charge in [-0.25, -0.2) is 0 Å². The van der Waals surface area contributed by atoms with Crippen LogP contribution in [0.25, 0.3) is 227 Å². The summed E-state index contributed by atoms with van der Waals surface area (Å²) in [4.78, 5) is 0. The molecule has 18 aromatic carbocycles.